The molecule has 2 aromatic carbocycles. The summed E-state index contributed by atoms with van der Waals surface area (Å²) in [6, 6.07) is 11.4. The van der Waals surface area contributed by atoms with Gasteiger partial charge in [0.25, 0.3) is 5.69 Å². The number of non-ortho nitro benzene ring substituents is 1. The van der Waals surface area contributed by atoms with Crippen molar-refractivity contribution in [1.82, 2.24) is 35.2 Å². The lowest BCUT2D eigenvalue weighted by atomic mass is 10.2. The van der Waals surface area contributed by atoms with E-state index in [4.69, 9.17) is 10.5 Å². The number of hydrogen-bond donors (Lipinski definition) is 2. The molecule has 0 aliphatic heterocycles. The minimum absolute atomic E-state index is 0.0350. The van der Waals surface area contributed by atoms with Crippen LogP contribution >= 0.6 is 11.8 Å². The van der Waals surface area contributed by atoms with E-state index >= 15 is 0 Å². The van der Waals surface area contributed by atoms with Crippen molar-refractivity contribution >= 4 is 41.0 Å². The number of esters is 1. The Labute approximate surface area is 202 Å². The first-order chi connectivity index (χ1) is 16.8. The van der Waals surface area contributed by atoms with Crippen molar-refractivity contribution in [3.63, 3.8) is 0 Å². The number of nitrogens with zero attached hydrogens (tertiary/aromatic N) is 8. The van der Waals surface area contributed by atoms with E-state index < -0.39 is 10.9 Å². The molecule has 4 rings (SSSR count). The Kier molecular flexibility index (Phi) is 6.77. The Bertz CT molecular complexity index is 1390. The second-order valence-electron chi connectivity index (χ2n) is 7.13. The number of anilines is 3. The Morgan fingerprint density at radius 1 is 1.20 bits per heavy atom. The zero-order valence-corrected chi connectivity index (χ0v) is 19.3. The monoisotopic (exact) mass is 494 g/mol. The van der Waals surface area contributed by atoms with Gasteiger partial charge in [0.15, 0.2) is 12.4 Å². The minimum atomic E-state index is -0.821. The van der Waals surface area contributed by atoms with Crippen LogP contribution < -0.4 is 11.1 Å². The highest BCUT2D eigenvalue weighted by molar-refractivity contribution is 7.99. The van der Waals surface area contributed by atoms with E-state index in [9.17, 15) is 14.9 Å². The fraction of sp³-hybridized carbons (Fsp3) is 0.150. The van der Waals surface area contributed by atoms with Gasteiger partial charge in [-0.05, 0) is 47.3 Å². The number of ether oxygens (including phenoxy) is 1. The van der Waals surface area contributed by atoms with Crippen molar-refractivity contribution in [3.05, 3.63) is 69.5 Å². The number of benzene rings is 2. The second kappa shape index (κ2) is 10.1. The van der Waals surface area contributed by atoms with E-state index in [1.165, 1.54) is 16.8 Å². The average molecular weight is 494 g/mol. The molecule has 0 unspecified atom stereocenters. The van der Waals surface area contributed by atoms with Crippen LogP contribution in [0.25, 0.3) is 0 Å². The normalized spacial score (nSPS) is 10.7. The molecule has 14 nitrogen and oxygen atoms in total. The van der Waals surface area contributed by atoms with E-state index in [0.29, 0.717) is 10.1 Å². The van der Waals surface area contributed by atoms with Crippen molar-refractivity contribution in [3.8, 4) is 0 Å². The van der Waals surface area contributed by atoms with E-state index in [1.807, 2.05) is 31.2 Å². The molecule has 0 fully saturated rings. The summed E-state index contributed by atoms with van der Waals surface area (Å²) in [5, 5.41) is 25.8. The molecule has 0 aliphatic rings. The number of nitro groups is 1. The van der Waals surface area contributed by atoms with Crippen LogP contribution in [0, 0.1) is 17.0 Å². The molecule has 35 heavy (non-hydrogen) atoms. The third-order valence-corrected chi connectivity index (χ3v) is 5.62. The Balaban J connectivity index is 1.53. The summed E-state index contributed by atoms with van der Waals surface area (Å²) in [6.45, 7) is 1.62. The van der Waals surface area contributed by atoms with Crippen LogP contribution in [0.4, 0.5) is 23.3 Å². The minimum Gasteiger partial charge on any atom is -0.454 e. The summed E-state index contributed by atoms with van der Waals surface area (Å²) in [6.07, 6.45) is 0. The van der Waals surface area contributed by atoms with Gasteiger partial charge in [-0.3, -0.25) is 10.1 Å². The maximum Gasteiger partial charge on any atom is 0.339 e. The van der Waals surface area contributed by atoms with Crippen molar-refractivity contribution in [2.75, 3.05) is 11.1 Å². The summed E-state index contributed by atoms with van der Waals surface area (Å²) < 4.78 is 6.75. The molecule has 2 heterocycles. The molecule has 178 valence electrons. The van der Waals surface area contributed by atoms with Gasteiger partial charge in [-0.25, -0.2) is 9.48 Å². The number of nitro benzene ring substituents is 1. The highest BCUT2D eigenvalue weighted by Crippen LogP contribution is 2.31. The summed E-state index contributed by atoms with van der Waals surface area (Å²) in [5.74, 6) is -0.619. The molecule has 0 saturated heterocycles. The fourth-order valence-electron chi connectivity index (χ4n) is 2.82. The quantitative estimate of drug-likeness (QED) is 0.206. The average Bonchev–Trinajstić information content (AvgIpc) is 3.23. The van der Waals surface area contributed by atoms with Crippen LogP contribution in [0.2, 0.25) is 0 Å². The smallest absolute Gasteiger partial charge is 0.339 e. The maximum absolute atomic E-state index is 12.9. The van der Waals surface area contributed by atoms with Gasteiger partial charge in [-0.1, -0.05) is 17.7 Å². The van der Waals surface area contributed by atoms with E-state index in [0.717, 1.165) is 29.1 Å². The van der Waals surface area contributed by atoms with Gasteiger partial charge >= 0.3 is 5.97 Å². The van der Waals surface area contributed by atoms with Crippen LogP contribution in [0.1, 0.15) is 21.7 Å². The van der Waals surface area contributed by atoms with Crippen LogP contribution in [-0.2, 0) is 18.4 Å². The highest BCUT2D eigenvalue weighted by Gasteiger charge is 2.21. The molecule has 0 radical (unpaired) electrons. The van der Waals surface area contributed by atoms with Crippen molar-refractivity contribution in [2.45, 2.75) is 23.6 Å². The number of aromatic nitrogens is 7. The molecule has 15 heteroatoms. The molecule has 0 aliphatic carbocycles. The standard InChI is InChI=1S/C20H18N10O4S/c1-11-3-5-12(6-4-11)22-19-24-16(23-18(21)25-19)10-34-17(31)14-9-13(30(32)33)7-8-15(14)35-20-26-27-28-29(20)2/h3-9H,10H2,1-2H3,(H3,21,22,23,24,25). The van der Waals surface area contributed by atoms with Gasteiger partial charge in [0, 0.05) is 29.8 Å². The van der Waals surface area contributed by atoms with Crippen molar-refractivity contribution in [2.24, 2.45) is 7.05 Å². The second-order valence-corrected chi connectivity index (χ2v) is 8.13. The highest BCUT2D eigenvalue weighted by atomic mass is 32.2. The number of carbonyl (C=O) groups is 1. The number of rotatable bonds is 8. The number of nitrogens with two attached hydrogens (primary N) is 1. The maximum atomic E-state index is 12.9. The first-order valence-corrected chi connectivity index (χ1v) is 10.8. The van der Waals surface area contributed by atoms with Gasteiger partial charge in [-0.15, -0.1) is 5.10 Å². The molecule has 0 atom stereocenters. The molecular formula is C20H18N10O4S. The Hall–Kier alpha value is -4.66. The van der Waals surface area contributed by atoms with Crippen LogP contribution in [0.5, 0.6) is 0 Å². The van der Waals surface area contributed by atoms with Crippen molar-refractivity contribution < 1.29 is 14.5 Å². The molecular weight excluding hydrogens is 476 g/mol. The third kappa shape index (κ3) is 5.83. The number of nitrogen functional groups attached to an aromatic ring is 1. The number of tetrazole rings is 1. The molecule has 0 amide bonds. The first-order valence-electron chi connectivity index (χ1n) is 9.98. The van der Waals surface area contributed by atoms with Crippen molar-refractivity contribution in [1.29, 1.82) is 0 Å². The number of aryl methyl sites for hydroxylation is 2. The molecule has 0 saturated carbocycles. The zero-order valence-electron chi connectivity index (χ0n) is 18.4. The van der Waals surface area contributed by atoms with E-state index in [1.54, 1.807) is 7.05 Å². The predicted molar refractivity (Wildman–Crippen MR) is 124 cm³/mol. The van der Waals surface area contributed by atoms with Gasteiger partial charge in [0.2, 0.25) is 17.1 Å². The molecule has 0 spiro atoms. The predicted octanol–water partition coefficient (Wildman–Crippen LogP) is 2.45. The van der Waals surface area contributed by atoms with Crippen LogP contribution in [0.3, 0.4) is 0 Å². The topological polar surface area (TPSA) is 190 Å². The Morgan fingerprint density at radius 2 is 1.97 bits per heavy atom. The zero-order chi connectivity index (χ0) is 24.9. The molecule has 0 bridgehead atoms. The summed E-state index contributed by atoms with van der Waals surface area (Å²) >= 11 is 1.06. The number of hydrogen-bond acceptors (Lipinski definition) is 13. The fourth-order valence-corrected chi connectivity index (χ4v) is 3.65. The lowest BCUT2D eigenvalue weighted by Gasteiger charge is -2.10. The summed E-state index contributed by atoms with van der Waals surface area (Å²) in [7, 11) is 1.62. The van der Waals surface area contributed by atoms with E-state index in [2.05, 4.69) is 35.8 Å². The van der Waals surface area contributed by atoms with Crippen LogP contribution in [0.15, 0.2) is 52.5 Å². The lowest BCUT2D eigenvalue weighted by molar-refractivity contribution is -0.384. The van der Waals surface area contributed by atoms with Crippen LogP contribution in [-0.4, -0.2) is 46.1 Å². The molecule has 3 N–H and O–H groups in total. The number of nitrogens with one attached hydrogen (secondary N) is 1. The van der Waals surface area contributed by atoms with Gasteiger partial charge in [0.05, 0.1) is 10.5 Å². The summed E-state index contributed by atoms with van der Waals surface area (Å²) in [4.78, 5) is 36.1. The Morgan fingerprint density at radius 3 is 2.66 bits per heavy atom. The van der Waals surface area contributed by atoms with Gasteiger partial charge in [0.1, 0.15) is 0 Å². The largest absolute Gasteiger partial charge is 0.454 e. The third-order valence-electron chi connectivity index (χ3n) is 4.52. The number of carbonyl (C=O) groups excluding carboxylic acids is 1. The van der Waals surface area contributed by atoms with Gasteiger partial charge < -0.3 is 15.8 Å². The van der Waals surface area contributed by atoms with Gasteiger partial charge in [-0.2, -0.15) is 15.0 Å². The van der Waals surface area contributed by atoms with E-state index in [-0.39, 0.29) is 35.6 Å². The first kappa shape index (κ1) is 23.5. The molecule has 4 aromatic rings. The molecule has 2 aromatic heterocycles. The SMILES string of the molecule is Cc1ccc(Nc2nc(N)nc(COC(=O)c3cc([N+](=O)[O-])ccc3Sc3nnnn3C)n2)cc1. The summed E-state index contributed by atoms with van der Waals surface area (Å²) in [5.41, 5.74) is 7.30. The lowest BCUT2D eigenvalue weighted by Crippen LogP contribution is -2.12.